The van der Waals surface area contributed by atoms with Crippen molar-refractivity contribution in [1.82, 2.24) is 14.5 Å². The number of hydrogen-bond acceptors (Lipinski definition) is 5. The molecule has 0 atom stereocenters. The molecule has 1 aliphatic carbocycles. The van der Waals surface area contributed by atoms with Crippen molar-refractivity contribution in [2.45, 2.75) is 18.9 Å². The van der Waals surface area contributed by atoms with Crippen molar-refractivity contribution in [3.63, 3.8) is 0 Å². The molecule has 25 heavy (non-hydrogen) atoms. The highest BCUT2D eigenvalue weighted by atomic mass is 79.9. The highest BCUT2D eigenvalue weighted by molar-refractivity contribution is 9.10. The van der Waals surface area contributed by atoms with Crippen LogP contribution in [0.4, 0.5) is 5.69 Å². The van der Waals surface area contributed by atoms with E-state index in [0.717, 1.165) is 31.6 Å². The van der Waals surface area contributed by atoms with Gasteiger partial charge in [0.15, 0.2) is 0 Å². The highest BCUT2D eigenvalue weighted by Crippen LogP contribution is 2.36. The quantitative estimate of drug-likeness (QED) is 0.543. The highest BCUT2D eigenvalue weighted by Gasteiger charge is 2.23. The van der Waals surface area contributed by atoms with E-state index in [1.54, 1.807) is 17.1 Å². The van der Waals surface area contributed by atoms with E-state index in [9.17, 15) is 4.79 Å². The van der Waals surface area contributed by atoms with Gasteiger partial charge in [-0.3, -0.25) is 9.36 Å². The van der Waals surface area contributed by atoms with E-state index in [4.69, 9.17) is 0 Å². The molecule has 0 unspecified atom stereocenters. The van der Waals surface area contributed by atoms with E-state index in [0.29, 0.717) is 10.7 Å². The number of fused-ring (bicyclic) bond motifs is 3. The molecule has 3 heterocycles. The Balaban J connectivity index is 1.74. The van der Waals surface area contributed by atoms with Crippen LogP contribution in [0.1, 0.15) is 12.8 Å². The molecular formula is C18H13BrN4OS. The molecule has 7 heteroatoms. The Kier molecular flexibility index (Phi) is 3.39. The van der Waals surface area contributed by atoms with E-state index in [-0.39, 0.29) is 5.56 Å². The fourth-order valence-corrected chi connectivity index (χ4v) is 4.22. The molecule has 1 N–H and O–H groups in total. The van der Waals surface area contributed by atoms with Crippen molar-refractivity contribution < 1.29 is 0 Å². The number of halogens is 1. The van der Waals surface area contributed by atoms with Crippen LogP contribution in [0.15, 0.2) is 52.1 Å². The second kappa shape index (κ2) is 5.64. The fraction of sp³-hybridized carbons (Fsp3) is 0.167. The molecule has 5 rings (SSSR count). The minimum atomic E-state index is -0.0623. The van der Waals surface area contributed by atoms with Crippen LogP contribution in [0, 0.1) is 0 Å². The minimum absolute atomic E-state index is 0.0623. The summed E-state index contributed by atoms with van der Waals surface area (Å²) in [6.07, 6.45) is 5.77. The molecule has 0 saturated heterocycles. The molecule has 0 radical (unpaired) electrons. The molecule has 3 aromatic heterocycles. The first-order chi connectivity index (χ1) is 12.2. The van der Waals surface area contributed by atoms with Gasteiger partial charge in [-0.1, -0.05) is 15.9 Å². The zero-order valence-electron chi connectivity index (χ0n) is 13.1. The van der Waals surface area contributed by atoms with Gasteiger partial charge in [-0.05, 0) is 43.2 Å². The first kappa shape index (κ1) is 15.0. The third-order valence-corrected chi connectivity index (χ3v) is 5.93. The summed E-state index contributed by atoms with van der Waals surface area (Å²) in [7, 11) is 0. The van der Waals surface area contributed by atoms with Gasteiger partial charge >= 0.3 is 0 Å². The van der Waals surface area contributed by atoms with Crippen molar-refractivity contribution in [1.29, 1.82) is 0 Å². The lowest BCUT2D eigenvalue weighted by atomic mass is 10.2. The summed E-state index contributed by atoms with van der Waals surface area (Å²) in [6.45, 7) is 0. The molecule has 1 aliphatic rings. The lowest BCUT2D eigenvalue weighted by Crippen LogP contribution is -2.17. The predicted molar refractivity (Wildman–Crippen MR) is 105 cm³/mol. The SMILES string of the molecule is O=c1c2sc3nccc(NC4CC4)c3c2ncn1-c1ccc(Br)cc1. The zero-order valence-corrected chi connectivity index (χ0v) is 15.5. The van der Waals surface area contributed by atoms with Crippen LogP contribution in [0.2, 0.25) is 0 Å². The van der Waals surface area contributed by atoms with E-state index in [2.05, 4.69) is 31.2 Å². The largest absolute Gasteiger partial charge is 0.382 e. The molecule has 4 aromatic rings. The summed E-state index contributed by atoms with van der Waals surface area (Å²) >= 11 is 4.82. The van der Waals surface area contributed by atoms with Crippen LogP contribution >= 0.6 is 27.3 Å². The van der Waals surface area contributed by atoms with Crippen LogP contribution in [0.5, 0.6) is 0 Å². The van der Waals surface area contributed by atoms with Crippen LogP contribution in [0.3, 0.4) is 0 Å². The number of hydrogen-bond donors (Lipinski definition) is 1. The van der Waals surface area contributed by atoms with Crippen molar-refractivity contribution in [2.75, 3.05) is 5.32 Å². The monoisotopic (exact) mass is 412 g/mol. The number of pyridine rings is 1. The maximum atomic E-state index is 13.0. The average Bonchev–Trinajstić information content (AvgIpc) is 3.34. The van der Waals surface area contributed by atoms with Gasteiger partial charge < -0.3 is 5.32 Å². The van der Waals surface area contributed by atoms with Crippen molar-refractivity contribution in [3.8, 4) is 5.69 Å². The van der Waals surface area contributed by atoms with Crippen LogP contribution in [0.25, 0.3) is 26.1 Å². The van der Waals surface area contributed by atoms with Crippen molar-refractivity contribution in [2.24, 2.45) is 0 Å². The molecule has 5 nitrogen and oxygen atoms in total. The van der Waals surface area contributed by atoms with Crippen molar-refractivity contribution in [3.05, 3.63) is 57.7 Å². The first-order valence-electron chi connectivity index (χ1n) is 8.02. The molecule has 124 valence electrons. The smallest absolute Gasteiger partial charge is 0.275 e. The summed E-state index contributed by atoms with van der Waals surface area (Å²) in [5, 5.41) is 4.47. The Morgan fingerprint density at radius 1 is 1.16 bits per heavy atom. The van der Waals surface area contributed by atoms with Gasteiger partial charge in [-0.25, -0.2) is 9.97 Å². The van der Waals surface area contributed by atoms with Gasteiger partial charge in [0.05, 0.1) is 16.6 Å². The van der Waals surface area contributed by atoms with Gasteiger partial charge in [0, 0.05) is 22.4 Å². The number of anilines is 1. The summed E-state index contributed by atoms with van der Waals surface area (Å²) in [5.41, 5.74) is 2.48. The molecule has 1 fully saturated rings. The second-order valence-corrected chi connectivity index (χ2v) is 8.05. The molecule has 1 saturated carbocycles. The van der Waals surface area contributed by atoms with Gasteiger partial charge in [0.25, 0.3) is 5.56 Å². The van der Waals surface area contributed by atoms with Gasteiger partial charge in [0.2, 0.25) is 0 Å². The number of rotatable bonds is 3. The van der Waals surface area contributed by atoms with Gasteiger partial charge in [-0.15, -0.1) is 11.3 Å². The Morgan fingerprint density at radius 3 is 2.72 bits per heavy atom. The van der Waals surface area contributed by atoms with Gasteiger partial charge in [-0.2, -0.15) is 0 Å². The number of nitrogens with zero attached hydrogens (tertiary/aromatic N) is 3. The van der Waals surface area contributed by atoms with Crippen LogP contribution < -0.4 is 10.9 Å². The second-order valence-electron chi connectivity index (χ2n) is 6.13. The third-order valence-electron chi connectivity index (χ3n) is 4.32. The summed E-state index contributed by atoms with van der Waals surface area (Å²) in [5.74, 6) is 0. The third kappa shape index (κ3) is 2.54. The summed E-state index contributed by atoms with van der Waals surface area (Å²) < 4.78 is 3.19. The number of benzene rings is 1. The lowest BCUT2D eigenvalue weighted by molar-refractivity contribution is 0.967. The van der Waals surface area contributed by atoms with E-state index in [1.165, 1.54) is 24.2 Å². The normalized spacial score (nSPS) is 14.3. The maximum Gasteiger partial charge on any atom is 0.275 e. The van der Waals surface area contributed by atoms with Crippen LogP contribution in [-0.2, 0) is 0 Å². The number of aromatic nitrogens is 3. The fourth-order valence-electron chi connectivity index (χ4n) is 2.91. The molecule has 0 aliphatic heterocycles. The van der Waals surface area contributed by atoms with Gasteiger partial charge in [0.1, 0.15) is 15.9 Å². The maximum absolute atomic E-state index is 13.0. The minimum Gasteiger partial charge on any atom is -0.382 e. The first-order valence-corrected chi connectivity index (χ1v) is 9.63. The molecule has 0 amide bonds. The number of nitrogens with one attached hydrogen (secondary N) is 1. The molecule has 1 aromatic carbocycles. The lowest BCUT2D eigenvalue weighted by Gasteiger charge is -2.07. The Morgan fingerprint density at radius 2 is 1.96 bits per heavy atom. The zero-order chi connectivity index (χ0) is 17.0. The molecule has 0 bridgehead atoms. The standard InChI is InChI=1S/C18H13BrN4OS/c19-10-1-5-12(6-2-10)23-9-21-15-14-13(22-11-3-4-11)7-8-20-17(14)25-16(15)18(23)24/h1-2,5-9,11H,3-4H2,(H,20,22). The van der Waals surface area contributed by atoms with E-state index < -0.39 is 0 Å². The van der Waals surface area contributed by atoms with E-state index in [1.807, 2.05) is 30.3 Å². The topological polar surface area (TPSA) is 59.8 Å². The van der Waals surface area contributed by atoms with E-state index >= 15 is 0 Å². The molecule has 0 spiro atoms. The summed E-state index contributed by atoms with van der Waals surface area (Å²) in [6, 6.07) is 10.1. The average molecular weight is 413 g/mol. The van der Waals surface area contributed by atoms with Crippen LogP contribution in [-0.4, -0.2) is 20.6 Å². The summed E-state index contributed by atoms with van der Waals surface area (Å²) in [4.78, 5) is 22.9. The molecular weight excluding hydrogens is 400 g/mol. The Hall–Kier alpha value is -2.25. The number of thiophene rings is 1. The Bertz CT molecular complexity index is 1160. The van der Waals surface area contributed by atoms with Crippen molar-refractivity contribution >= 4 is 53.4 Å². The predicted octanol–water partition coefficient (Wildman–Crippen LogP) is 4.33. The Labute approximate surface area is 155 Å².